The number of carboxylic acids is 1. The molecule has 1 amide bonds. The van der Waals surface area contributed by atoms with Crippen molar-refractivity contribution in [1.29, 1.82) is 0 Å². The second-order valence-electron chi connectivity index (χ2n) is 8.94. The molecular weight excluding hydrogens is 508 g/mol. The van der Waals surface area contributed by atoms with Crippen molar-refractivity contribution in [2.75, 3.05) is 11.1 Å². The van der Waals surface area contributed by atoms with Crippen LogP contribution in [0.1, 0.15) is 54.8 Å². The molecule has 9 nitrogen and oxygen atoms in total. The molecule has 1 aliphatic heterocycles. The van der Waals surface area contributed by atoms with Crippen LogP contribution in [0.3, 0.4) is 0 Å². The van der Waals surface area contributed by atoms with Gasteiger partial charge in [-0.3, -0.25) is 9.59 Å². The van der Waals surface area contributed by atoms with E-state index in [1.807, 2.05) is 42.5 Å². The Bertz CT molecular complexity index is 1220. The molecule has 200 valence electrons. The predicted molar refractivity (Wildman–Crippen MR) is 141 cm³/mol. The third kappa shape index (κ3) is 7.78. The number of ether oxygens (including phenoxy) is 2. The number of amides is 1. The zero-order valence-corrected chi connectivity index (χ0v) is 21.5. The van der Waals surface area contributed by atoms with E-state index in [2.05, 4.69) is 5.32 Å². The molecule has 2 heterocycles. The third-order valence-electron chi connectivity index (χ3n) is 6.08. The van der Waals surface area contributed by atoms with Crippen molar-refractivity contribution >= 4 is 29.3 Å². The maximum atomic E-state index is 12.1. The molecule has 3 aromatic rings. The van der Waals surface area contributed by atoms with Gasteiger partial charge in [-0.25, -0.2) is 0 Å². The molecule has 0 saturated carbocycles. The van der Waals surface area contributed by atoms with Crippen molar-refractivity contribution in [2.24, 2.45) is 0 Å². The molecule has 0 aliphatic carbocycles. The van der Waals surface area contributed by atoms with Gasteiger partial charge in [0.05, 0.1) is 18.8 Å². The standard InChI is InChI=1S/C28H30N2O7S/c31-17-19-7-9-20(10-8-19)24-16-23(18-38-26-5-1-2-15-30(26)35)36-28(37-24)21-11-13-22(14-12-21)29-25(32)4-3-6-27(33)34/h1-2,5,7-15,23-24,28,31H,3-4,6,16-18H2,(H,29,32)(H,33,34). The predicted octanol–water partition coefficient (Wildman–Crippen LogP) is 4.34. The van der Waals surface area contributed by atoms with Crippen LogP contribution in [0.25, 0.3) is 0 Å². The fourth-order valence-electron chi connectivity index (χ4n) is 4.07. The Labute approximate surface area is 225 Å². The van der Waals surface area contributed by atoms with Gasteiger partial charge in [0.25, 0.3) is 5.03 Å². The molecule has 3 unspecified atom stereocenters. The second kappa shape index (κ2) is 13.4. The zero-order chi connectivity index (χ0) is 26.9. The lowest BCUT2D eigenvalue weighted by Gasteiger charge is -2.36. The minimum Gasteiger partial charge on any atom is -0.618 e. The van der Waals surface area contributed by atoms with Crippen molar-refractivity contribution in [1.82, 2.24) is 0 Å². The molecule has 0 spiro atoms. The minimum absolute atomic E-state index is 0.0362. The van der Waals surface area contributed by atoms with Gasteiger partial charge in [0.2, 0.25) is 5.91 Å². The number of nitrogens with zero attached hydrogens (tertiary/aromatic N) is 1. The molecule has 1 aliphatic rings. The number of aliphatic carboxylic acids is 1. The summed E-state index contributed by atoms with van der Waals surface area (Å²) < 4.78 is 13.5. The Morgan fingerprint density at radius 3 is 2.42 bits per heavy atom. The molecule has 3 N–H and O–H groups in total. The first-order valence-electron chi connectivity index (χ1n) is 12.3. The first kappa shape index (κ1) is 27.6. The lowest BCUT2D eigenvalue weighted by molar-refractivity contribution is -0.645. The quantitative estimate of drug-likeness (QED) is 0.187. The smallest absolute Gasteiger partial charge is 0.303 e. The van der Waals surface area contributed by atoms with Crippen LogP contribution in [0, 0.1) is 5.21 Å². The highest BCUT2D eigenvalue weighted by Crippen LogP contribution is 2.39. The fourth-order valence-corrected chi connectivity index (χ4v) is 5.01. The van der Waals surface area contributed by atoms with Crippen molar-refractivity contribution in [2.45, 2.75) is 55.8 Å². The summed E-state index contributed by atoms with van der Waals surface area (Å²) in [6.45, 7) is -0.0362. The van der Waals surface area contributed by atoms with Crippen molar-refractivity contribution in [3.05, 3.63) is 94.8 Å². The van der Waals surface area contributed by atoms with Crippen LogP contribution >= 0.6 is 11.8 Å². The molecule has 1 aromatic heterocycles. The SMILES string of the molecule is O=C(O)CCCC(=O)Nc1ccc(C2OC(CSc3cccc[n+]3[O-])CC(c3ccc(CO)cc3)O2)cc1. The van der Waals surface area contributed by atoms with Crippen molar-refractivity contribution in [3.8, 4) is 0 Å². The first-order chi connectivity index (χ1) is 18.4. The number of rotatable bonds is 11. The Balaban J connectivity index is 1.45. The van der Waals surface area contributed by atoms with E-state index in [9.17, 15) is 19.9 Å². The second-order valence-corrected chi connectivity index (χ2v) is 9.98. The third-order valence-corrected chi connectivity index (χ3v) is 7.23. The Morgan fingerprint density at radius 2 is 1.74 bits per heavy atom. The summed E-state index contributed by atoms with van der Waals surface area (Å²) in [5, 5.41) is 33.5. The molecule has 1 fully saturated rings. The number of hydrogen-bond donors (Lipinski definition) is 3. The average molecular weight is 539 g/mol. The largest absolute Gasteiger partial charge is 0.618 e. The molecule has 0 radical (unpaired) electrons. The van der Waals surface area contributed by atoms with Gasteiger partial charge in [0.1, 0.15) is 0 Å². The van der Waals surface area contributed by atoms with Gasteiger partial charge in [0, 0.05) is 48.4 Å². The van der Waals surface area contributed by atoms with E-state index < -0.39 is 12.3 Å². The highest BCUT2D eigenvalue weighted by atomic mass is 32.2. The summed E-state index contributed by atoms with van der Waals surface area (Å²) in [7, 11) is 0. The van der Waals surface area contributed by atoms with Gasteiger partial charge in [0.15, 0.2) is 12.5 Å². The van der Waals surface area contributed by atoms with Gasteiger partial charge < -0.3 is 30.2 Å². The summed E-state index contributed by atoms with van der Waals surface area (Å²) in [6, 6.07) is 20.0. The number of carboxylic acid groups (broad SMARTS) is 1. The molecule has 0 bridgehead atoms. The van der Waals surface area contributed by atoms with E-state index in [0.717, 1.165) is 21.4 Å². The Hall–Kier alpha value is -3.44. The number of nitrogens with one attached hydrogen (secondary N) is 1. The fraction of sp³-hybridized carbons (Fsp3) is 0.321. The summed E-state index contributed by atoms with van der Waals surface area (Å²) in [4.78, 5) is 22.7. The van der Waals surface area contributed by atoms with Crippen LogP contribution in [0.5, 0.6) is 0 Å². The lowest BCUT2D eigenvalue weighted by Crippen LogP contribution is -2.32. The number of carbonyl (C=O) groups excluding carboxylic acids is 1. The van der Waals surface area contributed by atoms with E-state index in [0.29, 0.717) is 22.9 Å². The van der Waals surface area contributed by atoms with Crippen molar-refractivity contribution in [3.63, 3.8) is 0 Å². The van der Waals surface area contributed by atoms with Gasteiger partial charge in [-0.05, 0) is 35.7 Å². The number of benzene rings is 2. The van der Waals surface area contributed by atoms with Gasteiger partial charge in [-0.15, -0.1) is 0 Å². The van der Waals surface area contributed by atoms with E-state index in [1.165, 1.54) is 18.0 Å². The maximum Gasteiger partial charge on any atom is 0.303 e. The van der Waals surface area contributed by atoms with Crippen LogP contribution in [-0.2, 0) is 25.7 Å². The Morgan fingerprint density at radius 1 is 1.00 bits per heavy atom. The summed E-state index contributed by atoms with van der Waals surface area (Å²) in [5.41, 5.74) is 3.15. The normalized spacial score (nSPS) is 19.1. The first-order valence-corrected chi connectivity index (χ1v) is 13.3. The topological polar surface area (TPSA) is 132 Å². The molecule has 3 atom stereocenters. The van der Waals surface area contributed by atoms with Crippen LogP contribution in [0.2, 0.25) is 0 Å². The highest BCUT2D eigenvalue weighted by molar-refractivity contribution is 7.99. The van der Waals surface area contributed by atoms with Gasteiger partial charge >= 0.3 is 5.97 Å². The van der Waals surface area contributed by atoms with E-state index in [-0.39, 0.29) is 44.0 Å². The van der Waals surface area contributed by atoms with Crippen LogP contribution in [0.15, 0.2) is 78.0 Å². The summed E-state index contributed by atoms with van der Waals surface area (Å²) in [5.74, 6) is -0.615. The molecule has 4 rings (SSSR count). The minimum atomic E-state index is -0.926. The zero-order valence-electron chi connectivity index (χ0n) is 20.7. The van der Waals surface area contributed by atoms with E-state index in [4.69, 9.17) is 14.6 Å². The number of thioether (sulfide) groups is 1. The summed E-state index contributed by atoms with van der Waals surface area (Å²) >= 11 is 1.42. The number of aliphatic hydroxyl groups is 1. The molecule has 10 heteroatoms. The molecule has 38 heavy (non-hydrogen) atoms. The highest BCUT2D eigenvalue weighted by Gasteiger charge is 2.32. The number of pyridine rings is 1. The van der Waals surface area contributed by atoms with Crippen LogP contribution < -0.4 is 10.0 Å². The van der Waals surface area contributed by atoms with Crippen LogP contribution in [0.4, 0.5) is 5.69 Å². The molecule has 1 saturated heterocycles. The molecule has 2 aromatic carbocycles. The molecular formula is C28H30N2O7S. The lowest BCUT2D eigenvalue weighted by atomic mass is 10.0. The number of aliphatic hydroxyl groups excluding tert-OH is 1. The maximum absolute atomic E-state index is 12.1. The number of anilines is 1. The summed E-state index contributed by atoms with van der Waals surface area (Å²) in [6.07, 6.45) is 1.30. The van der Waals surface area contributed by atoms with Crippen LogP contribution in [-0.4, -0.2) is 33.9 Å². The number of aromatic nitrogens is 1. The average Bonchev–Trinajstić information content (AvgIpc) is 2.92. The number of hydrogen-bond acceptors (Lipinski definition) is 7. The number of carbonyl (C=O) groups is 2. The monoisotopic (exact) mass is 538 g/mol. The van der Waals surface area contributed by atoms with Crippen molar-refractivity contribution < 1.29 is 34.0 Å². The van der Waals surface area contributed by atoms with E-state index >= 15 is 0 Å². The Kier molecular flexibility index (Phi) is 9.72. The van der Waals surface area contributed by atoms with E-state index in [1.54, 1.807) is 24.3 Å². The van der Waals surface area contributed by atoms with Gasteiger partial charge in [-0.1, -0.05) is 48.2 Å². The van der Waals surface area contributed by atoms with Gasteiger partial charge in [-0.2, -0.15) is 4.73 Å².